The highest BCUT2D eigenvalue weighted by atomic mass is 35.5. The van der Waals surface area contributed by atoms with Crippen LogP contribution in [-0.2, 0) is 9.59 Å². The average Bonchev–Trinajstić information content (AvgIpc) is 3.04. The van der Waals surface area contributed by atoms with E-state index >= 15 is 0 Å². The summed E-state index contributed by atoms with van der Waals surface area (Å²) in [6.45, 7) is 4.03. The van der Waals surface area contributed by atoms with Gasteiger partial charge in [0.05, 0.1) is 21.3 Å². The molecule has 0 aromatic heterocycles. The first-order chi connectivity index (χ1) is 16.7. The van der Waals surface area contributed by atoms with Gasteiger partial charge in [0.15, 0.2) is 0 Å². The van der Waals surface area contributed by atoms with Crippen molar-refractivity contribution in [3.8, 4) is 5.75 Å². The number of hydrogen-bond acceptors (Lipinski definition) is 5. The summed E-state index contributed by atoms with van der Waals surface area (Å²) in [6.07, 6.45) is 0. The molecule has 3 aromatic carbocycles. The van der Waals surface area contributed by atoms with Crippen molar-refractivity contribution in [2.24, 2.45) is 0 Å². The molecular formula is C26H19Cl3N2O4. The number of esters is 1. The van der Waals surface area contributed by atoms with Gasteiger partial charge in [-0.3, -0.25) is 9.59 Å². The van der Waals surface area contributed by atoms with Crippen molar-refractivity contribution in [2.45, 2.75) is 19.8 Å². The normalized spacial score (nSPS) is 13.6. The molecule has 4 rings (SSSR count). The fraction of sp³-hybridized carbons (Fsp3) is 0.115. The molecule has 0 atom stereocenters. The molecule has 0 unspecified atom stereocenters. The van der Waals surface area contributed by atoms with Gasteiger partial charge in [-0.05, 0) is 53.9 Å². The fourth-order valence-corrected chi connectivity index (χ4v) is 4.13. The smallest absolute Gasteiger partial charge is 0.343 e. The van der Waals surface area contributed by atoms with Crippen molar-refractivity contribution in [1.82, 2.24) is 0 Å². The largest absolute Gasteiger partial charge is 0.423 e. The second kappa shape index (κ2) is 10.1. The molecule has 1 heterocycles. The number of para-hydroxylation sites is 1. The highest BCUT2D eigenvalue weighted by Gasteiger charge is 2.40. The van der Waals surface area contributed by atoms with Gasteiger partial charge in [0.2, 0.25) is 0 Å². The molecular weight excluding hydrogens is 511 g/mol. The topological polar surface area (TPSA) is 75.7 Å². The summed E-state index contributed by atoms with van der Waals surface area (Å²) in [6, 6.07) is 18.2. The molecule has 0 fully saturated rings. The maximum Gasteiger partial charge on any atom is 0.343 e. The Morgan fingerprint density at radius 1 is 0.886 bits per heavy atom. The number of carbonyl (C=O) groups is 3. The summed E-state index contributed by atoms with van der Waals surface area (Å²) in [5, 5.41) is 2.81. The first-order valence-electron chi connectivity index (χ1n) is 10.6. The van der Waals surface area contributed by atoms with Gasteiger partial charge >= 0.3 is 5.97 Å². The molecule has 35 heavy (non-hydrogen) atoms. The Hall–Kier alpha value is -3.32. The molecule has 2 amide bonds. The summed E-state index contributed by atoms with van der Waals surface area (Å²) in [5.74, 6) is -1.24. The standard InChI is InChI=1S/C26H19Cl3N2O4/c1-14(2)17-6-3-4-9-20(17)35-26(34)15-10-12-16(13-11-15)30-23-22(29)24(32)31(25(23)33)19-8-5-7-18(27)21(19)28/h3-14,30H,1-2H3. The lowest BCUT2D eigenvalue weighted by Gasteiger charge is -2.17. The van der Waals surface area contributed by atoms with Crippen LogP contribution in [0.5, 0.6) is 5.75 Å². The number of nitrogens with zero attached hydrogens (tertiary/aromatic N) is 1. The number of hydrogen-bond donors (Lipinski definition) is 1. The molecule has 0 spiro atoms. The van der Waals surface area contributed by atoms with Gasteiger partial charge in [-0.25, -0.2) is 9.69 Å². The van der Waals surface area contributed by atoms with Crippen LogP contribution in [0.1, 0.15) is 35.7 Å². The van der Waals surface area contributed by atoms with E-state index in [-0.39, 0.29) is 32.4 Å². The van der Waals surface area contributed by atoms with E-state index in [1.165, 1.54) is 6.07 Å². The molecule has 0 saturated carbocycles. The first kappa shape index (κ1) is 24.8. The van der Waals surface area contributed by atoms with Crippen LogP contribution in [0.4, 0.5) is 11.4 Å². The van der Waals surface area contributed by atoms with Gasteiger partial charge < -0.3 is 10.1 Å². The third-order valence-corrected chi connectivity index (χ3v) is 6.49. The molecule has 9 heteroatoms. The minimum atomic E-state index is -0.729. The van der Waals surface area contributed by atoms with Crippen LogP contribution in [0, 0.1) is 0 Å². The van der Waals surface area contributed by atoms with E-state index in [1.807, 2.05) is 26.0 Å². The molecule has 0 aliphatic carbocycles. The third kappa shape index (κ3) is 4.91. The van der Waals surface area contributed by atoms with Crippen molar-refractivity contribution in [2.75, 3.05) is 10.2 Å². The van der Waals surface area contributed by atoms with Gasteiger partial charge in [-0.1, -0.05) is 72.9 Å². The number of anilines is 2. The first-order valence-corrected chi connectivity index (χ1v) is 11.7. The van der Waals surface area contributed by atoms with Crippen LogP contribution in [0.2, 0.25) is 10.0 Å². The van der Waals surface area contributed by atoms with E-state index in [2.05, 4.69) is 5.32 Å². The van der Waals surface area contributed by atoms with Gasteiger partial charge in [0.25, 0.3) is 11.8 Å². The second-order valence-electron chi connectivity index (χ2n) is 7.99. The Kier molecular flexibility index (Phi) is 7.17. The number of amides is 2. The lowest BCUT2D eigenvalue weighted by Crippen LogP contribution is -2.32. The lowest BCUT2D eigenvalue weighted by atomic mass is 10.0. The van der Waals surface area contributed by atoms with Crippen molar-refractivity contribution in [3.63, 3.8) is 0 Å². The van der Waals surface area contributed by atoms with E-state index in [9.17, 15) is 14.4 Å². The van der Waals surface area contributed by atoms with Crippen LogP contribution in [0.25, 0.3) is 0 Å². The number of ether oxygens (including phenoxy) is 1. The van der Waals surface area contributed by atoms with E-state index in [0.29, 0.717) is 17.0 Å². The minimum Gasteiger partial charge on any atom is -0.423 e. The molecule has 3 aromatic rings. The zero-order valence-corrected chi connectivity index (χ0v) is 20.9. The summed E-state index contributed by atoms with van der Waals surface area (Å²) in [4.78, 5) is 39.2. The van der Waals surface area contributed by atoms with Crippen LogP contribution in [0.15, 0.2) is 77.5 Å². The van der Waals surface area contributed by atoms with Gasteiger partial charge in [-0.15, -0.1) is 0 Å². The predicted octanol–water partition coefficient (Wildman–Crippen LogP) is 6.77. The maximum atomic E-state index is 13.0. The molecule has 1 aliphatic heterocycles. The zero-order valence-electron chi connectivity index (χ0n) is 18.6. The van der Waals surface area contributed by atoms with Crippen molar-refractivity contribution >= 4 is 64.0 Å². The van der Waals surface area contributed by atoms with Crippen molar-refractivity contribution in [1.29, 1.82) is 0 Å². The molecule has 0 saturated heterocycles. The summed E-state index contributed by atoms with van der Waals surface area (Å²) < 4.78 is 5.58. The molecule has 178 valence electrons. The number of imide groups is 1. The third-order valence-electron chi connectivity index (χ3n) is 5.33. The SMILES string of the molecule is CC(C)c1ccccc1OC(=O)c1ccc(NC2=C(Cl)C(=O)N(c3cccc(Cl)c3Cl)C2=O)cc1. The van der Waals surface area contributed by atoms with Gasteiger partial charge in [0.1, 0.15) is 16.5 Å². The summed E-state index contributed by atoms with van der Waals surface area (Å²) in [5.41, 5.74) is 1.69. The number of halogens is 3. The Balaban J connectivity index is 1.51. The number of rotatable bonds is 6. The van der Waals surface area contributed by atoms with E-state index < -0.39 is 17.8 Å². The van der Waals surface area contributed by atoms with Crippen LogP contribution in [0.3, 0.4) is 0 Å². The monoisotopic (exact) mass is 528 g/mol. The zero-order chi connectivity index (χ0) is 25.3. The summed E-state index contributed by atoms with van der Waals surface area (Å²) >= 11 is 18.4. The van der Waals surface area contributed by atoms with Crippen molar-refractivity contribution in [3.05, 3.63) is 98.6 Å². The lowest BCUT2D eigenvalue weighted by molar-refractivity contribution is -0.120. The average molecular weight is 530 g/mol. The van der Waals surface area contributed by atoms with E-state index in [1.54, 1.807) is 48.5 Å². The second-order valence-corrected chi connectivity index (χ2v) is 9.16. The highest BCUT2D eigenvalue weighted by molar-refractivity contribution is 6.54. The minimum absolute atomic E-state index is 0.0588. The van der Waals surface area contributed by atoms with E-state index in [0.717, 1.165) is 10.5 Å². The Morgan fingerprint density at radius 3 is 2.26 bits per heavy atom. The maximum absolute atomic E-state index is 13.0. The Morgan fingerprint density at radius 2 is 1.57 bits per heavy atom. The number of benzene rings is 3. The molecule has 1 N–H and O–H groups in total. The molecule has 0 bridgehead atoms. The summed E-state index contributed by atoms with van der Waals surface area (Å²) in [7, 11) is 0. The number of nitrogens with one attached hydrogen (secondary N) is 1. The van der Waals surface area contributed by atoms with E-state index in [4.69, 9.17) is 39.5 Å². The van der Waals surface area contributed by atoms with Crippen LogP contribution >= 0.6 is 34.8 Å². The quantitative estimate of drug-likeness (QED) is 0.217. The Bertz CT molecular complexity index is 1370. The van der Waals surface area contributed by atoms with Gasteiger partial charge in [0, 0.05) is 5.69 Å². The fourth-order valence-electron chi connectivity index (χ4n) is 3.54. The van der Waals surface area contributed by atoms with Crippen LogP contribution in [-0.4, -0.2) is 17.8 Å². The molecule has 1 aliphatic rings. The highest BCUT2D eigenvalue weighted by Crippen LogP contribution is 2.37. The van der Waals surface area contributed by atoms with Gasteiger partial charge in [-0.2, -0.15) is 0 Å². The van der Waals surface area contributed by atoms with Crippen LogP contribution < -0.4 is 15.0 Å². The predicted molar refractivity (Wildman–Crippen MR) is 137 cm³/mol. The van der Waals surface area contributed by atoms with Crippen molar-refractivity contribution < 1.29 is 19.1 Å². The molecule has 0 radical (unpaired) electrons. The Labute approximate surface area is 217 Å². The number of carbonyl (C=O) groups excluding carboxylic acids is 3. The molecule has 6 nitrogen and oxygen atoms in total.